The van der Waals surface area contributed by atoms with Crippen molar-refractivity contribution >= 4 is 6.29 Å². The minimum absolute atomic E-state index is 0.0376. The number of aromatic hydroxyl groups is 2. The van der Waals surface area contributed by atoms with E-state index in [1.54, 1.807) is 13.8 Å². The van der Waals surface area contributed by atoms with Crippen LogP contribution in [0.3, 0.4) is 0 Å². The lowest BCUT2D eigenvalue weighted by Gasteiger charge is -2.25. The number of hydrogen-bond donors (Lipinski definition) is 2. The monoisotopic (exact) mass is 183 g/mol. The first kappa shape index (κ1) is 9.64. The maximum Gasteiger partial charge on any atom is 0.194 e. The van der Waals surface area contributed by atoms with Crippen molar-refractivity contribution < 1.29 is 15.0 Å². The van der Waals surface area contributed by atoms with Gasteiger partial charge in [0.05, 0.1) is 5.54 Å². The molecule has 0 amide bonds. The quantitative estimate of drug-likeness (QED) is 0.692. The predicted molar refractivity (Wildman–Crippen MR) is 47.8 cm³/mol. The lowest BCUT2D eigenvalue weighted by molar-refractivity contribution is -0.109. The van der Waals surface area contributed by atoms with Gasteiger partial charge in [0.15, 0.2) is 11.8 Å². The molecule has 13 heavy (non-hydrogen) atoms. The van der Waals surface area contributed by atoms with Crippen molar-refractivity contribution in [3.63, 3.8) is 0 Å². The van der Waals surface area contributed by atoms with Gasteiger partial charge < -0.3 is 15.0 Å². The minimum Gasteiger partial charge on any atom is -0.494 e. The SMILES string of the molecule is CC(C)(CC=O)n1c(O)ccc1O. The molecule has 0 aromatic carbocycles. The molecule has 0 fully saturated rings. The number of aldehydes is 1. The smallest absolute Gasteiger partial charge is 0.194 e. The van der Waals surface area contributed by atoms with Gasteiger partial charge in [0.25, 0.3) is 0 Å². The average molecular weight is 183 g/mol. The largest absolute Gasteiger partial charge is 0.494 e. The highest BCUT2D eigenvalue weighted by molar-refractivity contribution is 5.51. The Labute approximate surface area is 76.4 Å². The second-order valence-electron chi connectivity index (χ2n) is 3.57. The fourth-order valence-electron chi connectivity index (χ4n) is 1.33. The highest BCUT2D eigenvalue weighted by Gasteiger charge is 2.24. The lowest BCUT2D eigenvalue weighted by Crippen LogP contribution is -2.25. The van der Waals surface area contributed by atoms with Gasteiger partial charge in [0, 0.05) is 18.6 Å². The molecule has 0 aliphatic carbocycles. The molecule has 1 aromatic rings. The van der Waals surface area contributed by atoms with Gasteiger partial charge in [-0.2, -0.15) is 0 Å². The van der Waals surface area contributed by atoms with Gasteiger partial charge in [-0.25, -0.2) is 0 Å². The van der Waals surface area contributed by atoms with Crippen molar-refractivity contribution in [2.45, 2.75) is 25.8 Å². The minimum atomic E-state index is -0.598. The molecule has 0 spiro atoms. The number of nitrogens with zero attached hydrogens (tertiary/aromatic N) is 1. The van der Waals surface area contributed by atoms with Crippen LogP contribution in [0.4, 0.5) is 0 Å². The molecular formula is C9H13NO3. The number of rotatable bonds is 3. The van der Waals surface area contributed by atoms with Gasteiger partial charge in [0.1, 0.15) is 6.29 Å². The van der Waals surface area contributed by atoms with Crippen molar-refractivity contribution in [1.82, 2.24) is 4.57 Å². The summed E-state index contributed by atoms with van der Waals surface area (Å²) in [5.74, 6) is -0.0753. The molecule has 0 unspecified atom stereocenters. The Kier molecular flexibility index (Phi) is 2.32. The van der Waals surface area contributed by atoms with E-state index in [9.17, 15) is 15.0 Å². The maximum absolute atomic E-state index is 10.4. The number of aromatic nitrogens is 1. The summed E-state index contributed by atoms with van der Waals surface area (Å²) >= 11 is 0. The summed E-state index contributed by atoms with van der Waals surface area (Å²) in [6.07, 6.45) is 1.00. The number of carbonyl (C=O) groups is 1. The van der Waals surface area contributed by atoms with Gasteiger partial charge in [-0.15, -0.1) is 0 Å². The molecule has 0 aliphatic heterocycles. The molecule has 1 rings (SSSR count). The van der Waals surface area contributed by atoms with Crippen molar-refractivity contribution in [2.24, 2.45) is 0 Å². The molecule has 2 N–H and O–H groups in total. The molecule has 0 saturated heterocycles. The first-order chi connectivity index (χ1) is 5.99. The van der Waals surface area contributed by atoms with E-state index in [4.69, 9.17) is 0 Å². The van der Waals surface area contributed by atoms with E-state index >= 15 is 0 Å². The molecule has 4 nitrogen and oxygen atoms in total. The van der Waals surface area contributed by atoms with Crippen molar-refractivity contribution in [2.75, 3.05) is 0 Å². The molecular weight excluding hydrogens is 170 g/mol. The molecule has 4 heteroatoms. The van der Waals surface area contributed by atoms with E-state index in [1.807, 2.05) is 0 Å². The summed E-state index contributed by atoms with van der Waals surface area (Å²) in [6, 6.07) is 2.78. The third-order valence-corrected chi connectivity index (χ3v) is 2.03. The van der Waals surface area contributed by atoms with E-state index in [-0.39, 0.29) is 18.2 Å². The number of hydrogen-bond acceptors (Lipinski definition) is 3. The van der Waals surface area contributed by atoms with Crippen LogP contribution in [-0.2, 0) is 10.3 Å². The topological polar surface area (TPSA) is 62.5 Å². The third-order valence-electron chi connectivity index (χ3n) is 2.03. The Balaban J connectivity index is 3.11. The highest BCUT2D eigenvalue weighted by Crippen LogP contribution is 2.31. The molecule has 1 heterocycles. The Morgan fingerprint density at radius 3 is 2.23 bits per heavy atom. The summed E-state index contributed by atoms with van der Waals surface area (Å²) in [7, 11) is 0. The Morgan fingerprint density at radius 1 is 1.38 bits per heavy atom. The van der Waals surface area contributed by atoms with Crippen LogP contribution in [0.5, 0.6) is 11.8 Å². The van der Waals surface area contributed by atoms with Gasteiger partial charge in [-0.1, -0.05) is 0 Å². The van der Waals surface area contributed by atoms with Crippen molar-refractivity contribution in [3.8, 4) is 11.8 Å². The zero-order valence-electron chi connectivity index (χ0n) is 7.69. The van der Waals surface area contributed by atoms with Crippen LogP contribution in [0.25, 0.3) is 0 Å². The van der Waals surface area contributed by atoms with Crippen LogP contribution >= 0.6 is 0 Å². The normalized spacial score (nSPS) is 11.5. The first-order valence-electron chi connectivity index (χ1n) is 4.03. The van der Waals surface area contributed by atoms with Crippen LogP contribution in [-0.4, -0.2) is 21.1 Å². The Morgan fingerprint density at radius 2 is 1.85 bits per heavy atom. The second kappa shape index (κ2) is 3.12. The molecule has 72 valence electrons. The lowest BCUT2D eigenvalue weighted by atomic mass is 10.0. The van der Waals surface area contributed by atoms with Crippen LogP contribution in [0.1, 0.15) is 20.3 Å². The summed E-state index contributed by atoms with van der Waals surface area (Å²) in [4.78, 5) is 10.4. The molecule has 1 aromatic heterocycles. The summed E-state index contributed by atoms with van der Waals surface area (Å²) in [5.41, 5.74) is -0.598. The van der Waals surface area contributed by atoms with E-state index in [0.29, 0.717) is 0 Å². The number of carbonyl (C=O) groups excluding carboxylic acids is 1. The van der Waals surface area contributed by atoms with E-state index in [2.05, 4.69) is 0 Å². The highest BCUT2D eigenvalue weighted by atomic mass is 16.3. The van der Waals surface area contributed by atoms with Crippen LogP contribution in [0.2, 0.25) is 0 Å². The molecule has 0 atom stereocenters. The van der Waals surface area contributed by atoms with Crippen molar-refractivity contribution in [3.05, 3.63) is 12.1 Å². The summed E-state index contributed by atoms with van der Waals surface area (Å²) < 4.78 is 1.32. The third kappa shape index (κ3) is 1.66. The van der Waals surface area contributed by atoms with E-state index < -0.39 is 5.54 Å². The van der Waals surface area contributed by atoms with Crippen LogP contribution < -0.4 is 0 Å². The predicted octanol–water partition coefficient (Wildman–Crippen LogP) is 1.22. The van der Waals surface area contributed by atoms with Crippen LogP contribution in [0, 0.1) is 0 Å². The van der Waals surface area contributed by atoms with E-state index in [1.165, 1.54) is 16.7 Å². The first-order valence-corrected chi connectivity index (χ1v) is 4.03. The molecule has 0 radical (unpaired) electrons. The zero-order chi connectivity index (χ0) is 10.1. The van der Waals surface area contributed by atoms with Crippen LogP contribution in [0.15, 0.2) is 12.1 Å². The van der Waals surface area contributed by atoms with Gasteiger partial charge in [-0.05, 0) is 13.8 Å². The molecule has 0 aliphatic rings. The second-order valence-corrected chi connectivity index (χ2v) is 3.57. The van der Waals surface area contributed by atoms with Gasteiger partial charge in [0.2, 0.25) is 0 Å². The van der Waals surface area contributed by atoms with Crippen molar-refractivity contribution in [1.29, 1.82) is 0 Å². The maximum atomic E-state index is 10.4. The summed E-state index contributed by atoms with van der Waals surface area (Å²) in [6.45, 7) is 3.53. The molecule has 0 saturated carbocycles. The summed E-state index contributed by atoms with van der Waals surface area (Å²) in [5, 5.41) is 18.8. The Bertz CT molecular complexity index is 295. The Hall–Kier alpha value is -1.45. The van der Waals surface area contributed by atoms with Gasteiger partial charge in [-0.3, -0.25) is 4.57 Å². The average Bonchev–Trinajstić information content (AvgIpc) is 2.31. The standard InChI is InChI=1S/C9H13NO3/c1-9(2,5-6-11)10-7(12)3-4-8(10)13/h3-4,6,12-13H,5H2,1-2H3. The van der Waals surface area contributed by atoms with E-state index in [0.717, 1.165) is 6.29 Å². The fraction of sp³-hybridized carbons (Fsp3) is 0.444. The van der Waals surface area contributed by atoms with Gasteiger partial charge >= 0.3 is 0 Å². The fourth-order valence-corrected chi connectivity index (χ4v) is 1.33. The molecule has 0 bridgehead atoms. The zero-order valence-corrected chi connectivity index (χ0v) is 7.69.